The van der Waals surface area contributed by atoms with Crippen molar-refractivity contribution >= 4 is 21.6 Å². The zero-order chi connectivity index (χ0) is 11.1. The van der Waals surface area contributed by atoms with Gasteiger partial charge in [0.05, 0.1) is 0 Å². The predicted octanol–water partition coefficient (Wildman–Crippen LogP) is 1.99. The first-order valence-electron chi connectivity index (χ1n) is 3.88. The second-order valence-electron chi connectivity index (χ2n) is 2.82. The van der Waals surface area contributed by atoms with Crippen LogP contribution in [0.4, 0.5) is 13.2 Å². The van der Waals surface area contributed by atoms with E-state index in [1.807, 2.05) is 0 Å². The van der Waals surface area contributed by atoms with Crippen LogP contribution in [-0.2, 0) is 6.42 Å². The van der Waals surface area contributed by atoms with E-state index in [1.54, 1.807) is 0 Å². The third-order valence-electron chi connectivity index (χ3n) is 1.71. The molecule has 80 valence electrons. The quantitative estimate of drug-likeness (QED) is 0.802. The summed E-state index contributed by atoms with van der Waals surface area (Å²) in [5.74, 6) is -0.152. The molecule has 2 heterocycles. The average Bonchev–Trinajstić information content (AvgIpc) is 2.48. The van der Waals surface area contributed by atoms with Crippen molar-refractivity contribution < 1.29 is 13.2 Å². The van der Waals surface area contributed by atoms with Crippen molar-refractivity contribution in [3.63, 3.8) is 0 Å². The molecule has 0 spiro atoms. The first-order valence-corrected chi connectivity index (χ1v) is 4.67. The molecule has 8 heteroatoms. The molecule has 0 aromatic carbocycles. The molecule has 0 aliphatic rings. The summed E-state index contributed by atoms with van der Waals surface area (Å²) in [6.45, 7) is 0. The molecule has 0 aliphatic carbocycles. The van der Waals surface area contributed by atoms with E-state index >= 15 is 0 Å². The minimum Gasteiger partial charge on any atom is -0.282 e. The molecule has 4 nitrogen and oxygen atoms in total. The highest BCUT2D eigenvalue weighted by atomic mass is 79.9. The number of aromatic nitrogens is 4. The Labute approximate surface area is 90.3 Å². The van der Waals surface area contributed by atoms with E-state index in [2.05, 4.69) is 31.1 Å². The molecule has 15 heavy (non-hydrogen) atoms. The normalized spacial score (nSPS) is 12.3. The number of nitrogens with zero attached hydrogens (tertiary/aromatic N) is 4. The lowest BCUT2D eigenvalue weighted by atomic mass is 10.4. The van der Waals surface area contributed by atoms with E-state index < -0.39 is 12.6 Å². The number of halogens is 4. The second kappa shape index (κ2) is 3.44. The van der Waals surface area contributed by atoms with E-state index in [9.17, 15) is 13.2 Å². The highest BCUT2D eigenvalue weighted by Gasteiger charge is 2.30. The van der Waals surface area contributed by atoms with Gasteiger partial charge in [-0.15, -0.1) is 10.2 Å². The van der Waals surface area contributed by atoms with Crippen molar-refractivity contribution in [2.75, 3.05) is 0 Å². The fourth-order valence-corrected chi connectivity index (χ4v) is 1.53. The van der Waals surface area contributed by atoms with Gasteiger partial charge in [0.1, 0.15) is 12.2 Å². The molecule has 0 unspecified atom stereocenters. The van der Waals surface area contributed by atoms with Crippen LogP contribution in [0.2, 0.25) is 0 Å². The fraction of sp³-hybridized carbons (Fsp3) is 0.286. The molecule has 0 bridgehead atoms. The lowest BCUT2D eigenvalue weighted by molar-refractivity contribution is -0.128. The van der Waals surface area contributed by atoms with E-state index in [0.29, 0.717) is 4.60 Å². The molecule has 0 saturated heterocycles. The van der Waals surface area contributed by atoms with E-state index in [4.69, 9.17) is 0 Å². The number of hydrogen-bond donors (Lipinski definition) is 0. The topological polar surface area (TPSA) is 43.1 Å². The second-order valence-corrected chi connectivity index (χ2v) is 3.57. The molecule has 0 aliphatic heterocycles. The summed E-state index contributed by atoms with van der Waals surface area (Å²) in [4.78, 5) is 3.83. The molecular formula is C7H4BrF3N4. The first kappa shape index (κ1) is 10.3. The fourth-order valence-electron chi connectivity index (χ4n) is 1.14. The van der Waals surface area contributed by atoms with Crippen LogP contribution in [0.5, 0.6) is 0 Å². The Morgan fingerprint density at radius 1 is 1.33 bits per heavy atom. The Hall–Kier alpha value is -1.18. The van der Waals surface area contributed by atoms with Gasteiger partial charge in [-0.1, -0.05) is 0 Å². The molecule has 0 fully saturated rings. The van der Waals surface area contributed by atoms with Crippen LogP contribution in [-0.4, -0.2) is 25.8 Å². The summed E-state index contributed by atoms with van der Waals surface area (Å²) in [5.41, 5.74) is 0.275. The van der Waals surface area contributed by atoms with Crippen molar-refractivity contribution in [3.8, 4) is 0 Å². The number of hydrogen-bond acceptors (Lipinski definition) is 3. The van der Waals surface area contributed by atoms with Gasteiger partial charge in [-0.2, -0.15) is 13.2 Å². The van der Waals surface area contributed by atoms with Gasteiger partial charge in [0.25, 0.3) is 0 Å². The largest absolute Gasteiger partial charge is 0.396 e. The van der Waals surface area contributed by atoms with Gasteiger partial charge in [-0.3, -0.25) is 4.40 Å². The Morgan fingerprint density at radius 3 is 2.73 bits per heavy atom. The lowest BCUT2D eigenvalue weighted by Gasteiger charge is -2.03. The van der Waals surface area contributed by atoms with Crippen LogP contribution >= 0.6 is 15.9 Å². The molecule has 2 aromatic heterocycles. The van der Waals surface area contributed by atoms with Crippen molar-refractivity contribution in [2.24, 2.45) is 0 Å². The highest BCUT2D eigenvalue weighted by molar-refractivity contribution is 9.10. The molecule has 0 atom stereocenters. The van der Waals surface area contributed by atoms with E-state index in [0.717, 1.165) is 0 Å². The maximum Gasteiger partial charge on any atom is 0.396 e. The number of rotatable bonds is 1. The Balaban J connectivity index is 2.50. The molecule has 0 saturated carbocycles. The molecule has 2 aromatic rings. The first-order chi connectivity index (χ1) is 6.97. The van der Waals surface area contributed by atoms with Crippen molar-refractivity contribution in [1.82, 2.24) is 19.6 Å². The van der Waals surface area contributed by atoms with Crippen LogP contribution in [0.25, 0.3) is 5.65 Å². The number of alkyl halides is 3. The lowest BCUT2D eigenvalue weighted by Crippen LogP contribution is -2.14. The SMILES string of the molecule is FC(F)(F)Cc1nnc2c(Br)nccn12. The maximum absolute atomic E-state index is 12.1. The monoisotopic (exact) mass is 280 g/mol. The van der Waals surface area contributed by atoms with Gasteiger partial charge in [0.15, 0.2) is 10.3 Å². The Bertz CT molecular complexity index is 492. The van der Waals surface area contributed by atoms with Crippen LogP contribution in [0.1, 0.15) is 5.82 Å². The molecule has 0 radical (unpaired) electrons. The summed E-state index contributed by atoms with van der Waals surface area (Å²) in [5, 5.41) is 7.07. The molecule has 0 amide bonds. The standard InChI is InChI=1S/C7H4BrF3N4/c8-5-6-14-13-4(3-7(9,10)11)15(6)2-1-12-5/h1-2H,3H2. The van der Waals surface area contributed by atoms with Crippen LogP contribution in [0, 0.1) is 0 Å². The molecule has 0 N–H and O–H groups in total. The summed E-state index contributed by atoms with van der Waals surface area (Å²) in [7, 11) is 0. The Morgan fingerprint density at radius 2 is 2.07 bits per heavy atom. The van der Waals surface area contributed by atoms with Crippen molar-refractivity contribution in [1.29, 1.82) is 0 Å². The predicted molar refractivity (Wildman–Crippen MR) is 48.2 cm³/mol. The zero-order valence-corrected chi connectivity index (χ0v) is 8.75. The Kier molecular flexibility index (Phi) is 2.37. The maximum atomic E-state index is 12.1. The highest BCUT2D eigenvalue weighted by Crippen LogP contribution is 2.21. The van der Waals surface area contributed by atoms with Crippen molar-refractivity contribution in [3.05, 3.63) is 22.8 Å². The summed E-state index contributed by atoms with van der Waals surface area (Å²) < 4.78 is 38.0. The van der Waals surface area contributed by atoms with Crippen molar-refractivity contribution in [2.45, 2.75) is 12.6 Å². The van der Waals surface area contributed by atoms with Gasteiger partial charge in [-0.05, 0) is 15.9 Å². The van der Waals surface area contributed by atoms with Gasteiger partial charge < -0.3 is 0 Å². The zero-order valence-electron chi connectivity index (χ0n) is 7.16. The third kappa shape index (κ3) is 2.09. The smallest absolute Gasteiger partial charge is 0.282 e. The molecule has 2 rings (SSSR count). The van der Waals surface area contributed by atoms with Gasteiger partial charge >= 0.3 is 6.18 Å². The molecular weight excluding hydrogens is 277 g/mol. The van der Waals surface area contributed by atoms with E-state index in [1.165, 1.54) is 16.8 Å². The van der Waals surface area contributed by atoms with Crippen LogP contribution < -0.4 is 0 Å². The summed E-state index contributed by atoms with van der Waals surface area (Å²) >= 11 is 3.07. The third-order valence-corrected chi connectivity index (χ3v) is 2.27. The minimum absolute atomic E-state index is 0.152. The van der Waals surface area contributed by atoms with E-state index in [-0.39, 0.29) is 11.5 Å². The van der Waals surface area contributed by atoms with Crippen LogP contribution in [0.3, 0.4) is 0 Å². The van der Waals surface area contributed by atoms with Gasteiger partial charge in [0, 0.05) is 12.4 Å². The summed E-state index contributed by atoms with van der Waals surface area (Å²) in [6.07, 6.45) is -2.63. The van der Waals surface area contributed by atoms with Gasteiger partial charge in [-0.25, -0.2) is 4.98 Å². The van der Waals surface area contributed by atoms with Crippen LogP contribution in [0.15, 0.2) is 17.0 Å². The van der Waals surface area contributed by atoms with Gasteiger partial charge in [0.2, 0.25) is 0 Å². The average molecular weight is 281 g/mol. The summed E-state index contributed by atoms with van der Waals surface area (Å²) in [6, 6.07) is 0. The number of fused-ring (bicyclic) bond motifs is 1. The minimum atomic E-state index is -4.29.